The maximum absolute atomic E-state index is 9.56. The number of rotatable bonds is 4. The SMILES string of the molecule is CCc1c(C)nn(C2CCC(C#N)(NC(C)C)C2)c1C. The maximum atomic E-state index is 9.56. The summed E-state index contributed by atoms with van der Waals surface area (Å²) in [5.74, 6) is 0. The lowest BCUT2D eigenvalue weighted by atomic mass is 9.98. The zero-order chi connectivity index (χ0) is 14.9. The fourth-order valence-corrected chi connectivity index (χ4v) is 3.61. The van der Waals surface area contributed by atoms with E-state index in [1.807, 2.05) is 0 Å². The normalized spacial score (nSPS) is 26.1. The van der Waals surface area contributed by atoms with E-state index in [0.717, 1.165) is 31.4 Å². The first kappa shape index (κ1) is 15.1. The van der Waals surface area contributed by atoms with Gasteiger partial charge in [0, 0.05) is 18.2 Å². The molecular formula is C16H26N4. The molecule has 0 saturated heterocycles. The number of hydrogen-bond acceptors (Lipinski definition) is 3. The topological polar surface area (TPSA) is 53.6 Å². The molecule has 0 radical (unpaired) electrons. The van der Waals surface area contributed by atoms with Crippen molar-refractivity contribution in [2.75, 3.05) is 0 Å². The van der Waals surface area contributed by atoms with Crippen molar-refractivity contribution >= 4 is 0 Å². The van der Waals surface area contributed by atoms with Crippen molar-refractivity contribution in [2.45, 2.75) is 77.9 Å². The first-order valence-corrected chi connectivity index (χ1v) is 7.66. The first-order valence-electron chi connectivity index (χ1n) is 7.66. The second-order valence-electron chi connectivity index (χ2n) is 6.34. The summed E-state index contributed by atoms with van der Waals surface area (Å²) in [4.78, 5) is 0. The lowest BCUT2D eigenvalue weighted by Gasteiger charge is -2.25. The molecule has 1 fully saturated rings. The van der Waals surface area contributed by atoms with Gasteiger partial charge in [0.1, 0.15) is 5.54 Å². The van der Waals surface area contributed by atoms with E-state index in [9.17, 15) is 5.26 Å². The molecule has 2 unspecified atom stereocenters. The molecule has 2 atom stereocenters. The number of hydrogen-bond donors (Lipinski definition) is 1. The molecule has 20 heavy (non-hydrogen) atoms. The molecule has 4 nitrogen and oxygen atoms in total. The molecular weight excluding hydrogens is 248 g/mol. The maximum Gasteiger partial charge on any atom is 0.109 e. The summed E-state index contributed by atoms with van der Waals surface area (Å²) < 4.78 is 2.16. The zero-order valence-corrected chi connectivity index (χ0v) is 13.3. The standard InChI is InChI=1S/C16H26N4/c1-6-15-12(4)19-20(13(15)5)14-7-8-16(9-14,10-17)18-11(2)3/h11,14,18H,6-9H2,1-5H3. The number of nitriles is 1. The van der Waals surface area contributed by atoms with E-state index >= 15 is 0 Å². The lowest BCUT2D eigenvalue weighted by molar-refractivity contribution is 0.359. The minimum atomic E-state index is -0.377. The summed E-state index contributed by atoms with van der Waals surface area (Å²) in [6, 6.07) is 3.19. The van der Waals surface area contributed by atoms with Crippen LogP contribution in [0.1, 0.15) is 63.0 Å². The monoisotopic (exact) mass is 274 g/mol. The molecule has 2 rings (SSSR count). The molecule has 110 valence electrons. The van der Waals surface area contributed by atoms with Gasteiger partial charge in [0.25, 0.3) is 0 Å². The Bertz CT molecular complexity index is 523. The Morgan fingerprint density at radius 3 is 2.70 bits per heavy atom. The van der Waals surface area contributed by atoms with Gasteiger partial charge in [-0.05, 0) is 52.5 Å². The number of nitrogens with one attached hydrogen (secondary N) is 1. The molecule has 1 N–H and O–H groups in total. The van der Waals surface area contributed by atoms with E-state index in [0.29, 0.717) is 12.1 Å². The second-order valence-corrected chi connectivity index (χ2v) is 6.34. The third kappa shape index (κ3) is 2.60. The summed E-state index contributed by atoms with van der Waals surface area (Å²) in [6.07, 6.45) is 3.81. The van der Waals surface area contributed by atoms with E-state index in [1.54, 1.807) is 0 Å². The van der Waals surface area contributed by atoms with Crippen LogP contribution in [0, 0.1) is 25.2 Å². The summed E-state index contributed by atoms with van der Waals surface area (Å²) in [7, 11) is 0. The van der Waals surface area contributed by atoms with E-state index in [4.69, 9.17) is 5.10 Å². The minimum absolute atomic E-state index is 0.333. The zero-order valence-electron chi connectivity index (χ0n) is 13.3. The van der Waals surface area contributed by atoms with Gasteiger partial charge in [-0.2, -0.15) is 10.4 Å². The van der Waals surface area contributed by atoms with E-state index in [-0.39, 0.29) is 5.54 Å². The van der Waals surface area contributed by atoms with Crippen LogP contribution >= 0.6 is 0 Å². The average molecular weight is 274 g/mol. The predicted octanol–water partition coefficient (Wildman–Crippen LogP) is 3.05. The fourth-order valence-electron chi connectivity index (χ4n) is 3.61. The molecule has 0 aromatic carbocycles. The predicted molar refractivity (Wildman–Crippen MR) is 80.6 cm³/mol. The fraction of sp³-hybridized carbons (Fsp3) is 0.750. The van der Waals surface area contributed by atoms with Gasteiger partial charge >= 0.3 is 0 Å². The van der Waals surface area contributed by atoms with Gasteiger partial charge in [-0.3, -0.25) is 10.00 Å². The van der Waals surface area contributed by atoms with Crippen LogP contribution in [0.4, 0.5) is 0 Å². The smallest absolute Gasteiger partial charge is 0.109 e. The number of nitrogens with zero attached hydrogens (tertiary/aromatic N) is 3. The quantitative estimate of drug-likeness (QED) is 0.918. The third-order valence-corrected chi connectivity index (χ3v) is 4.44. The van der Waals surface area contributed by atoms with Gasteiger partial charge in [0.2, 0.25) is 0 Å². The Morgan fingerprint density at radius 1 is 1.50 bits per heavy atom. The molecule has 1 heterocycles. The molecule has 1 aromatic heterocycles. The number of aryl methyl sites for hydroxylation is 1. The largest absolute Gasteiger partial charge is 0.297 e. The molecule has 1 saturated carbocycles. The van der Waals surface area contributed by atoms with Crippen molar-refractivity contribution < 1.29 is 0 Å². The third-order valence-electron chi connectivity index (χ3n) is 4.44. The molecule has 0 bridgehead atoms. The van der Waals surface area contributed by atoms with Crippen LogP contribution in [0.25, 0.3) is 0 Å². The first-order chi connectivity index (χ1) is 9.42. The highest BCUT2D eigenvalue weighted by Crippen LogP contribution is 2.38. The summed E-state index contributed by atoms with van der Waals surface area (Å²) in [6.45, 7) is 10.6. The van der Waals surface area contributed by atoms with Gasteiger partial charge in [0.15, 0.2) is 0 Å². The van der Waals surface area contributed by atoms with Crippen LogP contribution in [-0.2, 0) is 6.42 Å². The van der Waals surface area contributed by atoms with Crippen molar-refractivity contribution in [1.82, 2.24) is 15.1 Å². The van der Waals surface area contributed by atoms with Crippen molar-refractivity contribution in [3.8, 4) is 6.07 Å². The molecule has 0 aliphatic heterocycles. The average Bonchev–Trinajstić information content (AvgIpc) is 2.91. The molecule has 1 aliphatic carbocycles. The van der Waals surface area contributed by atoms with E-state index < -0.39 is 0 Å². The second kappa shape index (κ2) is 5.57. The van der Waals surface area contributed by atoms with Crippen LogP contribution in [-0.4, -0.2) is 21.4 Å². The Balaban J connectivity index is 2.23. The Hall–Kier alpha value is -1.34. The Labute approximate surface area is 122 Å². The summed E-state index contributed by atoms with van der Waals surface area (Å²) in [5, 5.41) is 17.7. The minimum Gasteiger partial charge on any atom is -0.297 e. The van der Waals surface area contributed by atoms with Gasteiger partial charge in [-0.15, -0.1) is 0 Å². The van der Waals surface area contributed by atoms with Crippen LogP contribution in [0.5, 0.6) is 0 Å². The molecule has 0 spiro atoms. The van der Waals surface area contributed by atoms with E-state index in [2.05, 4.69) is 50.7 Å². The highest BCUT2D eigenvalue weighted by molar-refractivity contribution is 5.25. The molecule has 0 amide bonds. The van der Waals surface area contributed by atoms with E-state index in [1.165, 1.54) is 11.3 Å². The number of aromatic nitrogens is 2. The van der Waals surface area contributed by atoms with Crippen molar-refractivity contribution in [1.29, 1.82) is 5.26 Å². The molecule has 4 heteroatoms. The van der Waals surface area contributed by atoms with Gasteiger partial charge in [0.05, 0.1) is 17.8 Å². The van der Waals surface area contributed by atoms with Gasteiger partial charge < -0.3 is 0 Å². The van der Waals surface area contributed by atoms with Crippen LogP contribution in [0.15, 0.2) is 0 Å². The van der Waals surface area contributed by atoms with Crippen molar-refractivity contribution in [3.63, 3.8) is 0 Å². The molecule has 1 aromatic rings. The van der Waals surface area contributed by atoms with Crippen molar-refractivity contribution in [2.24, 2.45) is 0 Å². The van der Waals surface area contributed by atoms with Crippen LogP contribution in [0.2, 0.25) is 0 Å². The van der Waals surface area contributed by atoms with Gasteiger partial charge in [-0.1, -0.05) is 6.92 Å². The van der Waals surface area contributed by atoms with Crippen molar-refractivity contribution in [3.05, 3.63) is 17.0 Å². The Kier molecular flexibility index (Phi) is 4.19. The highest BCUT2D eigenvalue weighted by Gasteiger charge is 2.41. The van der Waals surface area contributed by atoms with Gasteiger partial charge in [-0.25, -0.2) is 0 Å². The Morgan fingerprint density at radius 2 is 2.20 bits per heavy atom. The van der Waals surface area contributed by atoms with Crippen LogP contribution < -0.4 is 5.32 Å². The van der Waals surface area contributed by atoms with Crippen LogP contribution in [0.3, 0.4) is 0 Å². The highest BCUT2D eigenvalue weighted by atomic mass is 15.3. The molecule has 1 aliphatic rings. The summed E-state index contributed by atoms with van der Waals surface area (Å²) >= 11 is 0. The lowest BCUT2D eigenvalue weighted by Crippen LogP contribution is -2.45. The summed E-state index contributed by atoms with van der Waals surface area (Å²) in [5.41, 5.74) is 3.39.